The molecular formula is C15H16F2N2O4. The van der Waals surface area contributed by atoms with Crippen LogP contribution in [-0.4, -0.2) is 37.0 Å². The van der Waals surface area contributed by atoms with Crippen molar-refractivity contribution in [1.82, 2.24) is 10.6 Å². The molecule has 2 aliphatic rings. The van der Waals surface area contributed by atoms with Crippen LogP contribution in [0.25, 0.3) is 0 Å². The van der Waals surface area contributed by atoms with E-state index in [9.17, 15) is 18.4 Å². The SMILES string of the molecule is CC(F)(F)C(=O)N[C@@H]1CC(=O)N[C@H]1c1ccc2c(c1)OCCO2. The minimum atomic E-state index is -3.50. The van der Waals surface area contributed by atoms with Crippen molar-refractivity contribution in [2.24, 2.45) is 0 Å². The first-order chi connectivity index (χ1) is 10.8. The van der Waals surface area contributed by atoms with Crippen LogP contribution in [0.1, 0.15) is 24.9 Å². The van der Waals surface area contributed by atoms with E-state index in [0.717, 1.165) is 0 Å². The number of carbonyl (C=O) groups excluding carboxylic acids is 2. The van der Waals surface area contributed by atoms with Crippen molar-refractivity contribution in [3.63, 3.8) is 0 Å². The van der Waals surface area contributed by atoms with Crippen LogP contribution in [0.2, 0.25) is 0 Å². The van der Waals surface area contributed by atoms with E-state index in [1.54, 1.807) is 18.2 Å². The predicted molar refractivity (Wildman–Crippen MR) is 75.5 cm³/mol. The van der Waals surface area contributed by atoms with Crippen molar-refractivity contribution in [2.75, 3.05) is 13.2 Å². The molecule has 2 heterocycles. The Labute approximate surface area is 131 Å². The van der Waals surface area contributed by atoms with Gasteiger partial charge in [-0.1, -0.05) is 6.07 Å². The molecule has 1 aromatic rings. The van der Waals surface area contributed by atoms with Gasteiger partial charge in [0.05, 0.1) is 12.1 Å². The van der Waals surface area contributed by atoms with Gasteiger partial charge >= 0.3 is 5.92 Å². The molecule has 0 radical (unpaired) electrons. The summed E-state index contributed by atoms with van der Waals surface area (Å²) < 4.78 is 37.0. The molecule has 1 saturated heterocycles. The number of hydrogen-bond donors (Lipinski definition) is 2. The molecule has 0 unspecified atom stereocenters. The summed E-state index contributed by atoms with van der Waals surface area (Å²) in [6.07, 6.45) is -0.0546. The molecule has 1 aromatic carbocycles. The second kappa shape index (κ2) is 5.68. The number of amides is 2. The van der Waals surface area contributed by atoms with E-state index < -0.39 is 23.9 Å². The summed E-state index contributed by atoms with van der Waals surface area (Å²) >= 11 is 0. The zero-order valence-electron chi connectivity index (χ0n) is 12.4. The average molecular weight is 326 g/mol. The zero-order valence-corrected chi connectivity index (χ0v) is 12.4. The van der Waals surface area contributed by atoms with E-state index in [1.807, 2.05) is 0 Å². The first-order valence-electron chi connectivity index (χ1n) is 7.22. The fourth-order valence-electron chi connectivity index (χ4n) is 2.65. The molecule has 8 heteroatoms. The van der Waals surface area contributed by atoms with Gasteiger partial charge in [0, 0.05) is 13.3 Å². The largest absolute Gasteiger partial charge is 0.486 e. The number of rotatable bonds is 3. The maximum Gasteiger partial charge on any atom is 0.321 e. The number of alkyl halides is 2. The van der Waals surface area contributed by atoms with Crippen LogP contribution in [-0.2, 0) is 9.59 Å². The van der Waals surface area contributed by atoms with Crippen LogP contribution in [0.5, 0.6) is 11.5 Å². The number of fused-ring (bicyclic) bond motifs is 1. The quantitative estimate of drug-likeness (QED) is 0.874. The third-order valence-electron chi connectivity index (χ3n) is 3.76. The normalized spacial score (nSPS) is 23.3. The molecule has 0 bridgehead atoms. The molecule has 0 saturated carbocycles. The van der Waals surface area contributed by atoms with Crippen molar-refractivity contribution < 1.29 is 27.8 Å². The second-order valence-corrected chi connectivity index (χ2v) is 5.62. The zero-order chi connectivity index (χ0) is 16.6. The average Bonchev–Trinajstić information content (AvgIpc) is 2.86. The van der Waals surface area contributed by atoms with Gasteiger partial charge in [0.2, 0.25) is 5.91 Å². The van der Waals surface area contributed by atoms with Gasteiger partial charge in [0.25, 0.3) is 5.91 Å². The maximum absolute atomic E-state index is 13.1. The maximum atomic E-state index is 13.1. The van der Waals surface area contributed by atoms with Gasteiger partial charge in [-0.15, -0.1) is 0 Å². The third-order valence-corrected chi connectivity index (χ3v) is 3.76. The van der Waals surface area contributed by atoms with E-state index in [2.05, 4.69) is 10.6 Å². The highest BCUT2D eigenvalue weighted by atomic mass is 19.3. The Hall–Kier alpha value is -2.38. The van der Waals surface area contributed by atoms with Crippen molar-refractivity contribution >= 4 is 11.8 Å². The molecule has 0 aliphatic carbocycles. The summed E-state index contributed by atoms with van der Waals surface area (Å²) in [6.45, 7) is 1.39. The Morgan fingerprint density at radius 3 is 2.70 bits per heavy atom. The summed E-state index contributed by atoms with van der Waals surface area (Å²) in [5.74, 6) is -4.09. The first-order valence-corrected chi connectivity index (χ1v) is 7.22. The summed E-state index contributed by atoms with van der Waals surface area (Å²) in [4.78, 5) is 23.1. The lowest BCUT2D eigenvalue weighted by Gasteiger charge is -2.24. The summed E-state index contributed by atoms with van der Waals surface area (Å²) in [6, 6.07) is 3.76. The summed E-state index contributed by atoms with van der Waals surface area (Å²) in [5, 5.41) is 4.92. The van der Waals surface area contributed by atoms with Gasteiger partial charge in [-0.25, -0.2) is 0 Å². The molecule has 2 atom stereocenters. The molecule has 23 heavy (non-hydrogen) atoms. The molecule has 124 valence electrons. The molecule has 2 amide bonds. The molecule has 0 spiro atoms. The lowest BCUT2D eigenvalue weighted by molar-refractivity contribution is -0.143. The first kappa shape index (κ1) is 15.5. The molecular weight excluding hydrogens is 310 g/mol. The lowest BCUT2D eigenvalue weighted by atomic mass is 10.00. The van der Waals surface area contributed by atoms with Crippen molar-refractivity contribution in [3.05, 3.63) is 23.8 Å². The minimum absolute atomic E-state index is 0.0546. The Bertz CT molecular complexity index is 645. The van der Waals surface area contributed by atoms with Gasteiger partial charge in [-0.05, 0) is 17.7 Å². The van der Waals surface area contributed by atoms with Crippen LogP contribution >= 0.6 is 0 Å². The van der Waals surface area contributed by atoms with Gasteiger partial charge in [-0.3, -0.25) is 9.59 Å². The number of halogens is 2. The van der Waals surface area contributed by atoms with Gasteiger partial charge in [0.15, 0.2) is 11.5 Å². The third kappa shape index (κ3) is 3.20. The Kier molecular flexibility index (Phi) is 3.83. The monoisotopic (exact) mass is 326 g/mol. The van der Waals surface area contributed by atoms with E-state index in [4.69, 9.17) is 9.47 Å². The topological polar surface area (TPSA) is 76.7 Å². The lowest BCUT2D eigenvalue weighted by Crippen LogP contribution is -2.45. The molecule has 0 aromatic heterocycles. The summed E-state index contributed by atoms with van der Waals surface area (Å²) in [5.41, 5.74) is 0.657. The number of ether oxygens (including phenoxy) is 2. The molecule has 6 nitrogen and oxygen atoms in total. The van der Waals surface area contributed by atoms with E-state index in [0.29, 0.717) is 37.2 Å². The highest BCUT2D eigenvalue weighted by Gasteiger charge is 2.40. The van der Waals surface area contributed by atoms with E-state index in [1.165, 1.54) is 0 Å². The summed E-state index contributed by atoms with van der Waals surface area (Å²) in [7, 11) is 0. The fourth-order valence-corrected chi connectivity index (χ4v) is 2.65. The highest BCUT2D eigenvalue weighted by molar-refractivity contribution is 5.86. The number of benzene rings is 1. The standard InChI is InChI=1S/C15H16F2N2O4/c1-15(16,17)14(21)18-9-7-12(20)19-13(9)8-2-3-10-11(6-8)23-5-4-22-10/h2-3,6,9,13H,4-5,7H2,1H3,(H,18,21)(H,19,20)/t9-,13+/m1/s1. The van der Waals surface area contributed by atoms with Gasteiger partial charge in [0.1, 0.15) is 13.2 Å². The minimum Gasteiger partial charge on any atom is -0.486 e. The second-order valence-electron chi connectivity index (χ2n) is 5.62. The van der Waals surface area contributed by atoms with Crippen LogP contribution < -0.4 is 20.1 Å². The van der Waals surface area contributed by atoms with Crippen LogP contribution in [0, 0.1) is 0 Å². The number of hydrogen-bond acceptors (Lipinski definition) is 4. The van der Waals surface area contributed by atoms with Crippen molar-refractivity contribution in [1.29, 1.82) is 0 Å². The number of carbonyl (C=O) groups is 2. The van der Waals surface area contributed by atoms with E-state index >= 15 is 0 Å². The molecule has 3 rings (SSSR count). The molecule has 2 aliphatic heterocycles. The Balaban J connectivity index is 1.82. The molecule has 1 fully saturated rings. The van der Waals surface area contributed by atoms with Crippen LogP contribution in [0.3, 0.4) is 0 Å². The smallest absolute Gasteiger partial charge is 0.321 e. The van der Waals surface area contributed by atoms with Gasteiger partial charge < -0.3 is 20.1 Å². The van der Waals surface area contributed by atoms with Gasteiger partial charge in [-0.2, -0.15) is 8.78 Å². The number of nitrogens with one attached hydrogen (secondary N) is 2. The van der Waals surface area contributed by atoms with Crippen LogP contribution in [0.4, 0.5) is 8.78 Å². The van der Waals surface area contributed by atoms with Crippen LogP contribution in [0.15, 0.2) is 18.2 Å². The fraction of sp³-hybridized carbons (Fsp3) is 0.467. The highest BCUT2D eigenvalue weighted by Crippen LogP contribution is 2.35. The molecule has 2 N–H and O–H groups in total. The van der Waals surface area contributed by atoms with Crippen molar-refractivity contribution in [2.45, 2.75) is 31.4 Å². The van der Waals surface area contributed by atoms with Crippen molar-refractivity contribution in [3.8, 4) is 11.5 Å². The van der Waals surface area contributed by atoms with E-state index in [-0.39, 0.29) is 12.3 Å². The Morgan fingerprint density at radius 2 is 2.00 bits per heavy atom. The Morgan fingerprint density at radius 1 is 1.30 bits per heavy atom. The predicted octanol–water partition coefficient (Wildman–Crippen LogP) is 1.16.